The molecule has 1 aliphatic heterocycles. The fourth-order valence-corrected chi connectivity index (χ4v) is 3.89. The van der Waals surface area contributed by atoms with E-state index in [1.165, 1.54) is 24.0 Å². The molecule has 2 N–H and O–H groups in total. The van der Waals surface area contributed by atoms with Crippen LogP contribution < -0.4 is 10.6 Å². The van der Waals surface area contributed by atoms with Crippen molar-refractivity contribution in [3.8, 4) is 6.07 Å². The largest absolute Gasteiger partial charge is 0.381 e. The summed E-state index contributed by atoms with van der Waals surface area (Å²) in [5.41, 5.74) is 3.34. The predicted octanol–water partition coefficient (Wildman–Crippen LogP) is 1.88. The van der Waals surface area contributed by atoms with Gasteiger partial charge in [0, 0.05) is 19.6 Å². The van der Waals surface area contributed by atoms with E-state index in [4.69, 9.17) is 4.74 Å². The number of aryl methyl sites for hydroxylation is 2. The summed E-state index contributed by atoms with van der Waals surface area (Å²) in [6.07, 6.45) is 6.58. The molecule has 0 radical (unpaired) electrons. The summed E-state index contributed by atoms with van der Waals surface area (Å²) in [5, 5.41) is 15.6. The average Bonchev–Trinajstić information content (AvgIpc) is 2.67. The molecule has 1 fully saturated rings. The normalized spacial score (nSPS) is 20.2. The number of nitriles is 1. The van der Waals surface area contributed by atoms with Crippen molar-refractivity contribution in [2.24, 2.45) is 0 Å². The maximum Gasteiger partial charge on any atom is 0.241 e. The van der Waals surface area contributed by atoms with Crippen LogP contribution in [0.3, 0.4) is 0 Å². The number of nitrogens with zero attached hydrogens (tertiary/aromatic N) is 1. The van der Waals surface area contributed by atoms with E-state index in [1.54, 1.807) is 7.05 Å². The van der Waals surface area contributed by atoms with E-state index in [2.05, 4.69) is 34.9 Å². The van der Waals surface area contributed by atoms with Gasteiger partial charge in [0.1, 0.15) is 11.6 Å². The topological polar surface area (TPSA) is 74.2 Å². The Morgan fingerprint density at radius 1 is 1.28 bits per heavy atom. The Hall–Kier alpha value is -1.90. The standard InChI is InChI=1S/C20H27N3O2/c1-22-20(8-10-25-11-9-20)19(24)23-18(14-21)13-15-6-7-16-4-2-3-5-17(16)12-15/h6-7,12,18,22H,2-5,8-11,13H2,1H3,(H,23,24). The van der Waals surface area contributed by atoms with Crippen LogP contribution in [-0.2, 0) is 28.8 Å². The second-order valence-electron chi connectivity index (χ2n) is 7.11. The summed E-state index contributed by atoms with van der Waals surface area (Å²) in [5.74, 6) is -0.0946. The van der Waals surface area contributed by atoms with Gasteiger partial charge >= 0.3 is 0 Å². The first-order valence-corrected chi connectivity index (χ1v) is 9.25. The molecule has 1 aliphatic carbocycles. The molecule has 0 spiro atoms. The summed E-state index contributed by atoms with van der Waals surface area (Å²) >= 11 is 0. The average molecular weight is 341 g/mol. The summed E-state index contributed by atoms with van der Waals surface area (Å²) < 4.78 is 5.37. The number of rotatable bonds is 5. The van der Waals surface area contributed by atoms with Gasteiger partial charge in [-0.15, -0.1) is 0 Å². The highest BCUT2D eigenvalue weighted by atomic mass is 16.5. The van der Waals surface area contributed by atoms with Gasteiger partial charge in [-0.1, -0.05) is 18.2 Å². The lowest BCUT2D eigenvalue weighted by atomic mass is 9.88. The molecule has 0 saturated carbocycles. The Morgan fingerprint density at radius 3 is 2.68 bits per heavy atom. The number of carbonyl (C=O) groups is 1. The molecule has 1 atom stereocenters. The van der Waals surface area contributed by atoms with Crippen LogP contribution >= 0.6 is 0 Å². The third-order valence-corrected chi connectivity index (χ3v) is 5.57. The molecule has 3 rings (SSSR count). The molecule has 1 amide bonds. The predicted molar refractivity (Wildman–Crippen MR) is 96.2 cm³/mol. The van der Waals surface area contributed by atoms with E-state index < -0.39 is 11.6 Å². The molecular formula is C20H27N3O2. The first kappa shape index (κ1) is 17.9. The van der Waals surface area contributed by atoms with Crippen LogP contribution in [0.5, 0.6) is 0 Å². The summed E-state index contributed by atoms with van der Waals surface area (Å²) in [6, 6.07) is 8.24. The Bertz CT molecular complexity index is 659. The number of hydrogen-bond donors (Lipinski definition) is 2. The van der Waals surface area contributed by atoms with Crippen molar-refractivity contribution in [3.05, 3.63) is 34.9 Å². The number of hydrogen-bond acceptors (Lipinski definition) is 4. The molecule has 134 valence electrons. The Morgan fingerprint density at radius 2 is 2.00 bits per heavy atom. The van der Waals surface area contributed by atoms with Gasteiger partial charge < -0.3 is 15.4 Å². The second kappa shape index (κ2) is 7.99. The maximum absolute atomic E-state index is 12.8. The van der Waals surface area contributed by atoms with E-state index in [0.29, 0.717) is 32.5 Å². The first-order valence-electron chi connectivity index (χ1n) is 9.25. The quantitative estimate of drug-likeness (QED) is 0.858. The minimum absolute atomic E-state index is 0.0946. The van der Waals surface area contributed by atoms with Crippen LogP contribution in [0.25, 0.3) is 0 Å². The van der Waals surface area contributed by atoms with Crippen LogP contribution in [-0.4, -0.2) is 37.7 Å². The molecule has 5 heteroatoms. The Kier molecular flexibility index (Phi) is 5.72. The third kappa shape index (κ3) is 4.02. The van der Waals surface area contributed by atoms with Crippen LogP contribution in [0.1, 0.15) is 42.4 Å². The Balaban J connectivity index is 1.66. The molecular weight excluding hydrogens is 314 g/mol. The summed E-state index contributed by atoms with van der Waals surface area (Å²) in [4.78, 5) is 12.8. The van der Waals surface area contributed by atoms with Gasteiger partial charge in [0.05, 0.1) is 6.07 Å². The van der Waals surface area contributed by atoms with Crippen molar-refractivity contribution in [2.75, 3.05) is 20.3 Å². The van der Waals surface area contributed by atoms with Crippen molar-refractivity contribution >= 4 is 5.91 Å². The van der Waals surface area contributed by atoms with E-state index in [9.17, 15) is 10.1 Å². The number of ether oxygens (including phenoxy) is 1. The van der Waals surface area contributed by atoms with Crippen LogP contribution in [0.4, 0.5) is 0 Å². The monoisotopic (exact) mass is 341 g/mol. The van der Waals surface area contributed by atoms with Crippen LogP contribution in [0, 0.1) is 11.3 Å². The second-order valence-corrected chi connectivity index (χ2v) is 7.11. The van der Waals surface area contributed by atoms with Crippen molar-refractivity contribution < 1.29 is 9.53 Å². The minimum Gasteiger partial charge on any atom is -0.381 e. The van der Waals surface area contributed by atoms with Crippen molar-refractivity contribution in [1.82, 2.24) is 10.6 Å². The lowest BCUT2D eigenvalue weighted by Gasteiger charge is -2.36. The maximum atomic E-state index is 12.8. The molecule has 1 aromatic rings. The number of likely N-dealkylation sites (N-methyl/N-ethyl adjacent to an activating group) is 1. The lowest BCUT2D eigenvalue weighted by molar-refractivity contribution is -0.131. The van der Waals surface area contributed by atoms with Gasteiger partial charge in [-0.25, -0.2) is 0 Å². The molecule has 0 bridgehead atoms. The van der Waals surface area contributed by atoms with Crippen molar-refractivity contribution in [2.45, 2.75) is 56.5 Å². The van der Waals surface area contributed by atoms with E-state index >= 15 is 0 Å². The van der Waals surface area contributed by atoms with E-state index in [-0.39, 0.29) is 5.91 Å². The highest BCUT2D eigenvalue weighted by molar-refractivity contribution is 5.87. The number of benzene rings is 1. The van der Waals surface area contributed by atoms with Gasteiger partial charge in [0.2, 0.25) is 5.91 Å². The zero-order valence-electron chi connectivity index (χ0n) is 14.9. The smallest absolute Gasteiger partial charge is 0.241 e. The van der Waals surface area contributed by atoms with Gasteiger partial charge in [-0.3, -0.25) is 4.79 Å². The fraction of sp³-hybridized carbons (Fsp3) is 0.600. The molecule has 0 aromatic heterocycles. The van der Waals surface area contributed by atoms with Crippen LogP contribution in [0.2, 0.25) is 0 Å². The van der Waals surface area contributed by atoms with Gasteiger partial charge in [0.15, 0.2) is 0 Å². The summed E-state index contributed by atoms with van der Waals surface area (Å²) in [6.45, 7) is 1.13. The molecule has 1 saturated heterocycles. The number of amides is 1. The summed E-state index contributed by atoms with van der Waals surface area (Å²) in [7, 11) is 1.80. The molecule has 1 heterocycles. The molecule has 2 aliphatic rings. The highest BCUT2D eigenvalue weighted by Crippen LogP contribution is 2.23. The highest BCUT2D eigenvalue weighted by Gasteiger charge is 2.39. The molecule has 1 unspecified atom stereocenters. The Labute approximate surface area is 149 Å². The minimum atomic E-state index is -0.622. The zero-order chi connectivity index (χ0) is 17.7. The molecule has 5 nitrogen and oxygen atoms in total. The van der Waals surface area contributed by atoms with Gasteiger partial charge in [-0.05, 0) is 62.3 Å². The number of fused-ring (bicyclic) bond motifs is 1. The van der Waals surface area contributed by atoms with E-state index in [1.807, 2.05) is 0 Å². The SMILES string of the molecule is CNC1(C(=O)NC(C#N)Cc2ccc3c(c2)CCCC3)CCOCC1. The van der Waals surface area contributed by atoms with Crippen LogP contribution in [0.15, 0.2) is 18.2 Å². The van der Waals surface area contributed by atoms with Gasteiger partial charge in [-0.2, -0.15) is 5.26 Å². The lowest BCUT2D eigenvalue weighted by Crippen LogP contribution is -2.60. The van der Waals surface area contributed by atoms with Crippen molar-refractivity contribution in [1.29, 1.82) is 5.26 Å². The number of nitrogens with one attached hydrogen (secondary N) is 2. The van der Waals surface area contributed by atoms with E-state index in [0.717, 1.165) is 18.4 Å². The first-order chi connectivity index (χ1) is 12.2. The molecule has 25 heavy (non-hydrogen) atoms. The molecule has 1 aromatic carbocycles. The third-order valence-electron chi connectivity index (χ3n) is 5.57. The number of carbonyl (C=O) groups excluding carboxylic acids is 1. The van der Waals surface area contributed by atoms with Gasteiger partial charge in [0.25, 0.3) is 0 Å². The van der Waals surface area contributed by atoms with Crippen molar-refractivity contribution in [3.63, 3.8) is 0 Å². The zero-order valence-corrected chi connectivity index (χ0v) is 14.9. The fourth-order valence-electron chi connectivity index (χ4n) is 3.89.